The summed E-state index contributed by atoms with van der Waals surface area (Å²) in [5.74, 6) is 0.875. The topological polar surface area (TPSA) is 20.5 Å². The molecule has 2 aliphatic carbocycles. The SMILES string of the molecule is CC1C=CC(N2c3ccc(-c4ccc(-c5c6ccccc6nc6c5c5cccc7c8ccccc8n6c75)cc4)cc3C3C=CC=CC32C)=CC1. The van der Waals surface area contributed by atoms with E-state index in [2.05, 4.69) is 175 Å². The van der Waals surface area contributed by atoms with Crippen LogP contribution < -0.4 is 4.90 Å². The summed E-state index contributed by atoms with van der Waals surface area (Å²) in [4.78, 5) is 7.89. The summed E-state index contributed by atoms with van der Waals surface area (Å²) < 4.78 is 2.38. The smallest absolute Gasteiger partial charge is 0.146 e. The van der Waals surface area contributed by atoms with Gasteiger partial charge in [-0.05, 0) is 71.9 Å². The highest BCUT2D eigenvalue weighted by molar-refractivity contribution is 6.27. The monoisotopic (exact) mass is 641 g/mol. The molecule has 3 unspecified atom stereocenters. The fourth-order valence-electron chi connectivity index (χ4n) is 9.29. The molecule has 0 radical (unpaired) electrons. The van der Waals surface area contributed by atoms with Gasteiger partial charge in [0, 0.05) is 49.8 Å². The summed E-state index contributed by atoms with van der Waals surface area (Å²) in [5.41, 5.74) is 13.3. The molecular weight excluding hydrogens is 607 g/mol. The first kappa shape index (κ1) is 28.0. The largest absolute Gasteiger partial charge is 0.331 e. The molecule has 3 nitrogen and oxygen atoms in total. The Balaban J connectivity index is 1.07. The summed E-state index contributed by atoms with van der Waals surface area (Å²) in [7, 11) is 0. The van der Waals surface area contributed by atoms with Crippen molar-refractivity contribution in [2.75, 3.05) is 4.90 Å². The standard InChI is InChI=1S/C47H35N3/c1-29-17-24-33(25-18-29)50-42-26-23-32(28-38(42)39-14-7-8-27-47(39,50)2)30-19-21-31(22-20-30)43-36-11-3-5-15-40(36)48-46-44(43)37-13-9-12-35-34-10-4-6-16-41(34)49(46)45(35)37/h3-17,19-29,39H,18H2,1-2H3. The van der Waals surface area contributed by atoms with Crippen LogP contribution in [-0.2, 0) is 0 Å². The Bertz CT molecular complexity index is 2830. The molecule has 0 saturated carbocycles. The normalized spacial score (nSPS) is 21.2. The quantitative estimate of drug-likeness (QED) is 0.191. The number of rotatable bonds is 3. The highest BCUT2D eigenvalue weighted by Gasteiger charge is 2.47. The lowest BCUT2D eigenvalue weighted by Gasteiger charge is -2.40. The van der Waals surface area contributed by atoms with Gasteiger partial charge in [-0.15, -0.1) is 0 Å². The predicted molar refractivity (Wildman–Crippen MR) is 210 cm³/mol. The Morgan fingerprint density at radius 3 is 2.34 bits per heavy atom. The number of fused-ring (bicyclic) bond motifs is 10. The van der Waals surface area contributed by atoms with Gasteiger partial charge in [0.05, 0.1) is 22.1 Å². The van der Waals surface area contributed by atoms with Crippen LogP contribution >= 0.6 is 0 Å². The zero-order valence-electron chi connectivity index (χ0n) is 28.1. The minimum absolute atomic E-state index is 0.133. The first-order chi connectivity index (χ1) is 24.6. The average molecular weight is 642 g/mol. The van der Waals surface area contributed by atoms with Crippen LogP contribution in [0.3, 0.4) is 0 Å². The minimum atomic E-state index is -0.133. The molecule has 0 saturated heterocycles. The molecule has 238 valence electrons. The summed E-state index contributed by atoms with van der Waals surface area (Å²) in [6.07, 6.45) is 17.4. The van der Waals surface area contributed by atoms with E-state index in [-0.39, 0.29) is 11.5 Å². The number of nitrogens with zero attached hydrogens (tertiary/aromatic N) is 3. The van der Waals surface area contributed by atoms with Crippen molar-refractivity contribution in [2.45, 2.75) is 31.7 Å². The predicted octanol–water partition coefficient (Wildman–Crippen LogP) is 12.0. The zero-order chi connectivity index (χ0) is 33.1. The molecule has 5 aromatic carbocycles. The third kappa shape index (κ3) is 3.67. The summed E-state index contributed by atoms with van der Waals surface area (Å²) in [6.45, 7) is 4.67. The van der Waals surface area contributed by atoms with E-state index in [0.717, 1.165) is 17.6 Å². The number of hydrogen-bond acceptors (Lipinski definition) is 2. The Morgan fingerprint density at radius 1 is 0.720 bits per heavy atom. The number of para-hydroxylation sites is 3. The van der Waals surface area contributed by atoms with E-state index in [1.165, 1.54) is 77.2 Å². The molecule has 3 aliphatic rings. The number of aromatic nitrogens is 2. The van der Waals surface area contributed by atoms with Crippen LogP contribution in [0.25, 0.3) is 71.4 Å². The molecule has 1 aliphatic heterocycles. The molecule has 0 spiro atoms. The maximum atomic E-state index is 5.33. The lowest BCUT2D eigenvalue weighted by atomic mass is 9.80. The van der Waals surface area contributed by atoms with E-state index in [0.29, 0.717) is 5.92 Å². The molecule has 4 heterocycles. The van der Waals surface area contributed by atoms with Crippen LogP contribution in [0, 0.1) is 5.92 Å². The van der Waals surface area contributed by atoms with Crippen LogP contribution in [0.1, 0.15) is 31.7 Å². The van der Waals surface area contributed by atoms with Crippen molar-refractivity contribution in [3.8, 4) is 22.3 Å². The van der Waals surface area contributed by atoms with Gasteiger partial charge in [-0.3, -0.25) is 4.40 Å². The van der Waals surface area contributed by atoms with Crippen LogP contribution in [0.4, 0.5) is 5.69 Å². The Labute approximate surface area is 291 Å². The van der Waals surface area contributed by atoms with Gasteiger partial charge in [-0.25, -0.2) is 4.98 Å². The van der Waals surface area contributed by atoms with Gasteiger partial charge in [0.15, 0.2) is 0 Å². The Kier molecular flexibility index (Phi) is 5.62. The Hall–Kier alpha value is -5.93. The van der Waals surface area contributed by atoms with Crippen LogP contribution in [-0.4, -0.2) is 14.9 Å². The first-order valence-corrected chi connectivity index (χ1v) is 17.8. The molecule has 8 aromatic rings. The van der Waals surface area contributed by atoms with E-state index in [1.54, 1.807) is 0 Å². The van der Waals surface area contributed by atoms with E-state index >= 15 is 0 Å². The first-order valence-electron chi connectivity index (χ1n) is 17.8. The average Bonchev–Trinajstić information content (AvgIpc) is 3.77. The highest BCUT2D eigenvalue weighted by atomic mass is 15.2. The molecule has 3 heteroatoms. The minimum Gasteiger partial charge on any atom is -0.331 e. The van der Waals surface area contributed by atoms with Gasteiger partial charge in [0.25, 0.3) is 0 Å². The van der Waals surface area contributed by atoms with Crippen molar-refractivity contribution in [3.63, 3.8) is 0 Å². The van der Waals surface area contributed by atoms with Crippen LogP contribution in [0.5, 0.6) is 0 Å². The van der Waals surface area contributed by atoms with Gasteiger partial charge in [-0.2, -0.15) is 0 Å². The van der Waals surface area contributed by atoms with Crippen molar-refractivity contribution < 1.29 is 0 Å². The van der Waals surface area contributed by atoms with Gasteiger partial charge >= 0.3 is 0 Å². The van der Waals surface area contributed by atoms with Gasteiger partial charge in [0.2, 0.25) is 0 Å². The van der Waals surface area contributed by atoms with E-state index in [1.807, 2.05) is 0 Å². The molecule has 3 atom stereocenters. The van der Waals surface area contributed by atoms with Gasteiger partial charge in [-0.1, -0.05) is 128 Å². The zero-order valence-corrected chi connectivity index (χ0v) is 28.1. The molecule has 0 fully saturated rings. The fraction of sp³-hybridized carbons (Fsp3) is 0.128. The number of hydrogen-bond donors (Lipinski definition) is 0. The summed E-state index contributed by atoms with van der Waals surface area (Å²) in [5, 5.41) is 6.21. The van der Waals surface area contributed by atoms with Crippen LogP contribution in [0.2, 0.25) is 0 Å². The molecular formula is C47H35N3. The van der Waals surface area contributed by atoms with Gasteiger partial charge < -0.3 is 4.90 Å². The molecule has 50 heavy (non-hydrogen) atoms. The molecule has 0 N–H and O–H groups in total. The second kappa shape index (κ2) is 10.1. The van der Waals surface area contributed by atoms with Crippen molar-refractivity contribution in [3.05, 3.63) is 163 Å². The number of benzene rings is 5. The molecule has 3 aromatic heterocycles. The van der Waals surface area contributed by atoms with E-state index in [4.69, 9.17) is 4.98 Å². The summed E-state index contributed by atoms with van der Waals surface area (Å²) >= 11 is 0. The third-order valence-electron chi connectivity index (χ3n) is 11.7. The number of pyridine rings is 1. The summed E-state index contributed by atoms with van der Waals surface area (Å²) in [6, 6.07) is 40.4. The second-order valence-corrected chi connectivity index (χ2v) is 14.6. The van der Waals surface area contributed by atoms with Gasteiger partial charge in [0.1, 0.15) is 5.65 Å². The molecule has 11 rings (SSSR count). The number of allylic oxidation sites excluding steroid dienone is 5. The van der Waals surface area contributed by atoms with Crippen molar-refractivity contribution in [1.82, 2.24) is 9.38 Å². The van der Waals surface area contributed by atoms with Crippen LogP contribution in [0.15, 0.2) is 157 Å². The van der Waals surface area contributed by atoms with Crippen molar-refractivity contribution in [1.29, 1.82) is 0 Å². The number of anilines is 1. The second-order valence-electron chi connectivity index (χ2n) is 14.6. The highest BCUT2D eigenvalue weighted by Crippen LogP contribution is 2.54. The fourth-order valence-corrected chi connectivity index (χ4v) is 9.29. The lowest BCUT2D eigenvalue weighted by Crippen LogP contribution is -2.44. The van der Waals surface area contributed by atoms with Crippen molar-refractivity contribution in [2.24, 2.45) is 5.92 Å². The maximum Gasteiger partial charge on any atom is 0.146 e. The lowest BCUT2D eigenvalue weighted by molar-refractivity contribution is 0.528. The molecule has 0 bridgehead atoms. The Morgan fingerprint density at radius 2 is 1.48 bits per heavy atom. The van der Waals surface area contributed by atoms with E-state index < -0.39 is 0 Å². The molecule has 0 amide bonds. The van der Waals surface area contributed by atoms with Crippen molar-refractivity contribution >= 4 is 54.8 Å². The maximum absolute atomic E-state index is 5.33. The van der Waals surface area contributed by atoms with E-state index in [9.17, 15) is 0 Å². The third-order valence-corrected chi connectivity index (χ3v) is 11.7.